The summed E-state index contributed by atoms with van der Waals surface area (Å²) in [4.78, 5) is 5.39. The van der Waals surface area contributed by atoms with Crippen LogP contribution < -0.4 is 5.32 Å². The Labute approximate surface area is 127 Å². The van der Waals surface area contributed by atoms with Gasteiger partial charge in [-0.1, -0.05) is 6.07 Å². The highest BCUT2D eigenvalue weighted by atomic mass is 32.1. The molecule has 3 rings (SSSR count). The van der Waals surface area contributed by atoms with Gasteiger partial charge in [-0.3, -0.25) is 0 Å². The van der Waals surface area contributed by atoms with E-state index in [1.807, 2.05) is 22.2 Å². The van der Waals surface area contributed by atoms with E-state index in [4.69, 9.17) is 4.74 Å². The highest BCUT2D eigenvalue weighted by molar-refractivity contribution is 7.09. The van der Waals surface area contributed by atoms with Gasteiger partial charge in [0.2, 0.25) is 0 Å². The van der Waals surface area contributed by atoms with E-state index < -0.39 is 6.10 Å². The van der Waals surface area contributed by atoms with E-state index in [2.05, 4.69) is 15.4 Å². The molecule has 0 aliphatic carbocycles. The Morgan fingerprint density at radius 3 is 3.38 bits per heavy atom. The van der Waals surface area contributed by atoms with Crippen LogP contribution in [0.2, 0.25) is 0 Å². The van der Waals surface area contributed by atoms with Gasteiger partial charge >= 0.3 is 0 Å². The van der Waals surface area contributed by atoms with Crippen molar-refractivity contribution in [1.82, 2.24) is 20.1 Å². The molecule has 0 aromatic carbocycles. The third kappa shape index (κ3) is 4.10. The predicted octanol–water partition coefficient (Wildman–Crippen LogP) is 0.822. The fourth-order valence-corrected chi connectivity index (χ4v) is 3.10. The summed E-state index contributed by atoms with van der Waals surface area (Å²) in [6, 6.07) is 4.38. The van der Waals surface area contributed by atoms with Crippen molar-refractivity contribution >= 4 is 11.3 Å². The number of aliphatic hydroxyl groups excluding tert-OH is 1. The second-order valence-corrected chi connectivity index (χ2v) is 6.28. The smallest absolute Gasteiger partial charge is 0.138 e. The van der Waals surface area contributed by atoms with Crippen molar-refractivity contribution in [2.45, 2.75) is 38.1 Å². The van der Waals surface area contributed by atoms with Crippen molar-refractivity contribution in [2.75, 3.05) is 13.2 Å². The summed E-state index contributed by atoms with van der Waals surface area (Å²) in [5.74, 6) is 1.05. The Kier molecular flexibility index (Phi) is 4.97. The molecule has 7 heteroatoms. The van der Waals surface area contributed by atoms with E-state index >= 15 is 0 Å². The topological polar surface area (TPSA) is 72.2 Å². The molecule has 2 aromatic heterocycles. The molecule has 3 heterocycles. The van der Waals surface area contributed by atoms with Crippen LogP contribution in [-0.4, -0.2) is 45.2 Å². The molecule has 2 atom stereocenters. The lowest BCUT2D eigenvalue weighted by Crippen LogP contribution is -2.42. The quantitative estimate of drug-likeness (QED) is 0.792. The Bertz CT molecular complexity index is 543. The monoisotopic (exact) mass is 308 g/mol. The zero-order chi connectivity index (χ0) is 14.5. The maximum absolute atomic E-state index is 9.94. The Hall–Kier alpha value is -1.28. The third-order valence-electron chi connectivity index (χ3n) is 3.58. The zero-order valence-corrected chi connectivity index (χ0v) is 12.6. The number of nitrogens with zero attached hydrogens (tertiary/aromatic N) is 3. The summed E-state index contributed by atoms with van der Waals surface area (Å²) < 4.78 is 7.45. The van der Waals surface area contributed by atoms with E-state index in [0.717, 1.165) is 25.2 Å². The molecular formula is C14H20N4O2S. The SMILES string of the molecule is OC(CNC1CCc2ncnn2C1)COCc1cccs1. The van der Waals surface area contributed by atoms with Gasteiger partial charge in [-0.25, -0.2) is 9.67 Å². The molecule has 21 heavy (non-hydrogen) atoms. The summed E-state index contributed by atoms with van der Waals surface area (Å²) in [5, 5.41) is 19.5. The van der Waals surface area contributed by atoms with Gasteiger partial charge in [-0.05, 0) is 17.9 Å². The summed E-state index contributed by atoms with van der Waals surface area (Å²) in [6.07, 6.45) is 3.08. The van der Waals surface area contributed by atoms with Crippen molar-refractivity contribution in [3.8, 4) is 0 Å². The van der Waals surface area contributed by atoms with Gasteiger partial charge in [0.25, 0.3) is 0 Å². The van der Waals surface area contributed by atoms with Gasteiger partial charge < -0.3 is 15.2 Å². The van der Waals surface area contributed by atoms with Crippen LogP contribution in [0.25, 0.3) is 0 Å². The van der Waals surface area contributed by atoms with Crippen LogP contribution in [0.1, 0.15) is 17.1 Å². The van der Waals surface area contributed by atoms with E-state index in [1.54, 1.807) is 17.7 Å². The maximum atomic E-state index is 9.94. The van der Waals surface area contributed by atoms with E-state index in [-0.39, 0.29) is 0 Å². The van der Waals surface area contributed by atoms with Gasteiger partial charge in [0, 0.05) is 23.9 Å². The maximum Gasteiger partial charge on any atom is 0.138 e. The van der Waals surface area contributed by atoms with E-state index in [9.17, 15) is 5.11 Å². The van der Waals surface area contributed by atoms with Crippen LogP contribution in [0.4, 0.5) is 0 Å². The number of aromatic nitrogens is 3. The molecule has 0 bridgehead atoms. The third-order valence-corrected chi connectivity index (χ3v) is 4.43. The number of nitrogens with one attached hydrogen (secondary N) is 1. The molecule has 2 N–H and O–H groups in total. The average molecular weight is 308 g/mol. The van der Waals surface area contributed by atoms with Gasteiger partial charge in [0.05, 0.1) is 25.9 Å². The zero-order valence-electron chi connectivity index (χ0n) is 11.8. The molecule has 0 saturated carbocycles. The fraction of sp³-hybridized carbons (Fsp3) is 0.571. The van der Waals surface area contributed by atoms with Gasteiger partial charge in [-0.15, -0.1) is 11.3 Å². The molecule has 2 aromatic rings. The van der Waals surface area contributed by atoms with Crippen molar-refractivity contribution in [3.05, 3.63) is 34.5 Å². The molecule has 0 spiro atoms. The van der Waals surface area contributed by atoms with Crippen LogP contribution in [0.15, 0.2) is 23.8 Å². The van der Waals surface area contributed by atoms with E-state index in [0.29, 0.717) is 25.8 Å². The molecule has 1 aliphatic rings. The number of ether oxygens (including phenoxy) is 1. The van der Waals surface area contributed by atoms with Gasteiger partial charge in [-0.2, -0.15) is 5.10 Å². The van der Waals surface area contributed by atoms with Gasteiger partial charge in [0.1, 0.15) is 12.2 Å². The number of hydrogen-bond acceptors (Lipinski definition) is 6. The highest BCUT2D eigenvalue weighted by Gasteiger charge is 2.20. The minimum atomic E-state index is -0.484. The van der Waals surface area contributed by atoms with Crippen molar-refractivity contribution < 1.29 is 9.84 Å². The van der Waals surface area contributed by atoms with Crippen LogP contribution in [0.3, 0.4) is 0 Å². The standard InChI is InChI=1S/C14H20N4O2S/c19-12(8-20-9-13-2-1-5-21-13)6-15-11-3-4-14-16-10-17-18(14)7-11/h1-2,5,10-12,15,19H,3-4,6-9H2. The Morgan fingerprint density at radius 1 is 1.57 bits per heavy atom. The molecule has 2 unspecified atom stereocenters. The fourth-order valence-electron chi connectivity index (χ4n) is 2.46. The van der Waals surface area contributed by atoms with Crippen LogP contribution >= 0.6 is 11.3 Å². The molecule has 0 saturated heterocycles. The molecular weight excluding hydrogens is 288 g/mol. The second-order valence-electron chi connectivity index (χ2n) is 5.25. The molecule has 0 fully saturated rings. The van der Waals surface area contributed by atoms with Crippen molar-refractivity contribution in [2.24, 2.45) is 0 Å². The molecule has 0 radical (unpaired) electrons. The van der Waals surface area contributed by atoms with Crippen molar-refractivity contribution in [1.29, 1.82) is 0 Å². The minimum Gasteiger partial charge on any atom is -0.389 e. The van der Waals surface area contributed by atoms with Crippen LogP contribution in [0.5, 0.6) is 0 Å². The predicted molar refractivity (Wildman–Crippen MR) is 80.1 cm³/mol. The molecule has 6 nitrogen and oxygen atoms in total. The lowest BCUT2D eigenvalue weighted by molar-refractivity contribution is 0.0279. The van der Waals surface area contributed by atoms with Crippen LogP contribution in [0, 0.1) is 0 Å². The number of aliphatic hydroxyl groups is 1. The number of thiophene rings is 1. The minimum absolute atomic E-state index is 0.339. The Balaban J connectivity index is 1.33. The number of hydrogen-bond donors (Lipinski definition) is 2. The summed E-state index contributed by atoms with van der Waals surface area (Å²) in [7, 11) is 0. The highest BCUT2D eigenvalue weighted by Crippen LogP contribution is 2.12. The first-order valence-corrected chi connectivity index (χ1v) is 8.07. The first-order chi connectivity index (χ1) is 10.3. The lowest BCUT2D eigenvalue weighted by Gasteiger charge is -2.24. The first-order valence-electron chi connectivity index (χ1n) is 7.19. The molecule has 0 amide bonds. The van der Waals surface area contributed by atoms with Crippen molar-refractivity contribution in [3.63, 3.8) is 0 Å². The van der Waals surface area contributed by atoms with E-state index in [1.165, 1.54) is 4.88 Å². The largest absolute Gasteiger partial charge is 0.389 e. The first kappa shape index (κ1) is 14.6. The van der Waals surface area contributed by atoms with Gasteiger partial charge in [0.15, 0.2) is 0 Å². The van der Waals surface area contributed by atoms with Crippen LogP contribution in [-0.2, 0) is 24.3 Å². The second kappa shape index (κ2) is 7.13. The summed E-state index contributed by atoms with van der Waals surface area (Å²) in [5.41, 5.74) is 0. The summed E-state index contributed by atoms with van der Waals surface area (Å²) >= 11 is 1.67. The average Bonchev–Trinajstić information content (AvgIpc) is 3.15. The normalized spacial score (nSPS) is 19.4. The number of aryl methyl sites for hydroxylation is 1. The molecule has 1 aliphatic heterocycles. The number of rotatable bonds is 7. The summed E-state index contributed by atoms with van der Waals surface area (Å²) in [6.45, 7) is 2.28. The number of fused-ring (bicyclic) bond motifs is 1. The molecule has 114 valence electrons. The Morgan fingerprint density at radius 2 is 2.52 bits per heavy atom. The lowest BCUT2D eigenvalue weighted by atomic mass is 10.1.